The van der Waals surface area contributed by atoms with Crippen LogP contribution in [0.3, 0.4) is 0 Å². The molecule has 0 saturated heterocycles. The summed E-state index contributed by atoms with van der Waals surface area (Å²) in [5, 5.41) is 4.28. The van der Waals surface area contributed by atoms with Crippen molar-refractivity contribution in [3.63, 3.8) is 0 Å². The van der Waals surface area contributed by atoms with Crippen molar-refractivity contribution in [2.75, 3.05) is 0 Å². The van der Waals surface area contributed by atoms with Crippen LogP contribution in [0.15, 0.2) is 59.7 Å². The normalized spacial score (nSPS) is 11.2. The van der Waals surface area contributed by atoms with E-state index in [9.17, 15) is 4.79 Å². The first-order chi connectivity index (χ1) is 12.2. The van der Waals surface area contributed by atoms with E-state index < -0.39 is 0 Å². The van der Waals surface area contributed by atoms with E-state index in [0.717, 1.165) is 37.0 Å². The fourth-order valence-electron chi connectivity index (χ4n) is 2.40. The summed E-state index contributed by atoms with van der Waals surface area (Å²) in [6.07, 6.45) is 3.95. The molecule has 4 heteroatoms. The van der Waals surface area contributed by atoms with E-state index in [-0.39, 0.29) is 5.91 Å². The van der Waals surface area contributed by atoms with E-state index in [0.29, 0.717) is 17.9 Å². The van der Waals surface area contributed by atoms with Crippen molar-refractivity contribution in [2.24, 2.45) is 5.10 Å². The molecule has 0 saturated carbocycles. The molecule has 2 rings (SSSR count). The van der Waals surface area contributed by atoms with E-state index in [1.165, 1.54) is 0 Å². The highest BCUT2D eigenvalue weighted by atomic mass is 16.5. The standard InChI is InChI=1S/C21H26N2O2/c1-3-5-13-18(4-2)22-23-21(24)19-14-9-10-15-20(19)25-16-17-11-7-6-8-12-17/h6-12,14-15H,3-5,13,16H2,1-2H3,(H,23,24)/b22-18+. The maximum Gasteiger partial charge on any atom is 0.275 e. The molecule has 0 unspecified atom stereocenters. The Morgan fingerprint density at radius 3 is 2.48 bits per heavy atom. The Morgan fingerprint density at radius 2 is 1.76 bits per heavy atom. The number of rotatable bonds is 9. The summed E-state index contributed by atoms with van der Waals surface area (Å²) in [6.45, 7) is 4.62. The molecule has 0 spiro atoms. The number of carbonyl (C=O) groups excluding carboxylic acids is 1. The van der Waals surface area contributed by atoms with Crippen LogP contribution in [0.25, 0.3) is 0 Å². The van der Waals surface area contributed by atoms with Gasteiger partial charge in [0.2, 0.25) is 0 Å². The molecule has 0 fully saturated rings. The average Bonchev–Trinajstić information content (AvgIpc) is 2.67. The van der Waals surface area contributed by atoms with Crippen LogP contribution in [0, 0.1) is 0 Å². The highest BCUT2D eigenvalue weighted by Gasteiger charge is 2.12. The number of carbonyl (C=O) groups is 1. The first-order valence-corrected chi connectivity index (χ1v) is 8.86. The maximum atomic E-state index is 12.5. The van der Waals surface area contributed by atoms with Crippen molar-refractivity contribution < 1.29 is 9.53 Å². The summed E-state index contributed by atoms with van der Waals surface area (Å²) in [7, 11) is 0. The molecule has 0 radical (unpaired) electrons. The smallest absolute Gasteiger partial charge is 0.275 e. The fraction of sp³-hybridized carbons (Fsp3) is 0.333. The summed E-state index contributed by atoms with van der Waals surface area (Å²) in [5.41, 5.74) is 5.23. The topological polar surface area (TPSA) is 50.7 Å². The van der Waals surface area contributed by atoms with Crippen molar-refractivity contribution in [3.8, 4) is 5.75 Å². The average molecular weight is 338 g/mol. The van der Waals surface area contributed by atoms with Gasteiger partial charge in [0.25, 0.3) is 5.91 Å². The van der Waals surface area contributed by atoms with E-state index in [4.69, 9.17) is 4.74 Å². The van der Waals surface area contributed by atoms with Crippen molar-refractivity contribution in [2.45, 2.75) is 46.1 Å². The third-order valence-corrected chi connectivity index (χ3v) is 3.91. The number of ether oxygens (including phenoxy) is 1. The number of benzene rings is 2. The van der Waals surface area contributed by atoms with Gasteiger partial charge >= 0.3 is 0 Å². The Morgan fingerprint density at radius 1 is 1.04 bits per heavy atom. The van der Waals surface area contributed by atoms with E-state index in [1.807, 2.05) is 42.5 Å². The van der Waals surface area contributed by atoms with Gasteiger partial charge in [0.1, 0.15) is 12.4 Å². The number of amides is 1. The van der Waals surface area contributed by atoms with Gasteiger partial charge in [-0.15, -0.1) is 0 Å². The Hall–Kier alpha value is -2.62. The van der Waals surface area contributed by atoms with E-state index in [1.54, 1.807) is 12.1 Å². The molecule has 0 aliphatic heterocycles. The molecule has 0 aliphatic rings. The van der Waals surface area contributed by atoms with Crippen LogP contribution < -0.4 is 10.2 Å². The van der Waals surface area contributed by atoms with Crippen LogP contribution in [0.5, 0.6) is 5.75 Å². The molecule has 0 aliphatic carbocycles. The molecule has 0 atom stereocenters. The summed E-state index contributed by atoms with van der Waals surface area (Å²) in [6, 6.07) is 17.1. The van der Waals surface area contributed by atoms with Crippen molar-refractivity contribution in [3.05, 3.63) is 65.7 Å². The highest BCUT2D eigenvalue weighted by molar-refractivity contribution is 5.97. The minimum absolute atomic E-state index is 0.244. The van der Waals surface area contributed by atoms with Gasteiger partial charge in [0.15, 0.2) is 0 Å². The van der Waals surface area contributed by atoms with Crippen molar-refractivity contribution >= 4 is 11.6 Å². The zero-order chi connectivity index (χ0) is 17.9. The number of hydrogen-bond donors (Lipinski definition) is 1. The van der Waals surface area contributed by atoms with Gasteiger partial charge in [0.05, 0.1) is 5.56 Å². The lowest BCUT2D eigenvalue weighted by Gasteiger charge is -2.11. The van der Waals surface area contributed by atoms with E-state index >= 15 is 0 Å². The number of nitrogens with one attached hydrogen (secondary N) is 1. The van der Waals surface area contributed by atoms with E-state index in [2.05, 4.69) is 24.4 Å². The zero-order valence-electron chi connectivity index (χ0n) is 15.0. The van der Waals surface area contributed by atoms with Gasteiger partial charge in [-0.1, -0.05) is 62.7 Å². The fourth-order valence-corrected chi connectivity index (χ4v) is 2.40. The molecule has 2 aromatic rings. The lowest BCUT2D eigenvalue weighted by Crippen LogP contribution is -2.20. The molecular weight excluding hydrogens is 312 g/mol. The molecule has 0 heterocycles. The van der Waals surface area contributed by atoms with Crippen molar-refractivity contribution in [1.29, 1.82) is 0 Å². The first-order valence-electron chi connectivity index (χ1n) is 8.86. The molecule has 4 nitrogen and oxygen atoms in total. The Balaban J connectivity index is 2.03. The Kier molecular flexibility index (Phi) is 7.70. The summed E-state index contributed by atoms with van der Waals surface area (Å²) >= 11 is 0. The predicted molar refractivity (Wildman–Crippen MR) is 102 cm³/mol. The van der Waals surface area contributed by atoms with Gasteiger partial charge < -0.3 is 4.74 Å². The molecule has 132 valence electrons. The molecule has 1 N–H and O–H groups in total. The molecule has 1 amide bonds. The van der Waals surface area contributed by atoms with Crippen LogP contribution in [0.2, 0.25) is 0 Å². The summed E-state index contributed by atoms with van der Waals surface area (Å²) < 4.78 is 5.83. The summed E-state index contributed by atoms with van der Waals surface area (Å²) in [5.74, 6) is 0.316. The monoisotopic (exact) mass is 338 g/mol. The predicted octanol–water partition coefficient (Wildman–Crippen LogP) is 4.95. The first kappa shape index (κ1) is 18.7. The lowest BCUT2D eigenvalue weighted by atomic mass is 10.1. The van der Waals surface area contributed by atoms with Crippen LogP contribution in [-0.2, 0) is 6.61 Å². The van der Waals surface area contributed by atoms with Crippen LogP contribution in [0.1, 0.15) is 55.5 Å². The third-order valence-electron chi connectivity index (χ3n) is 3.91. The molecular formula is C21H26N2O2. The lowest BCUT2D eigenvalue weighted by molar-refractivity contribution is 0.0950. The van der Waals surface area contributed by atoms with Crippen LogP contribution in [-0.4, -0.2) is 11.6 Å². The molecule has 0 aromatic heterocycles. The van der Waals surface area contributed by atoms with Crippen LogP contribution >= 0.6 is 0 Å². The number of unbranched alkanes of at least 4 members (excludes halogenated alkanes) is 1. The number of hydrazone groups is 1. The Labute approximate surface area is 149 Å². The van der Waals surface area contributed by atoms with Crippen molar-refractivity contribution in [1.82, 2.24) is 5.43 Å². The van der Waals surface area contributed by atoms with Crippen LogP contribution in [0.4, 0.5) is 0 Å². The van der Waals surface area contributed by atoms with Gasteiger partial charge in [0, 0.05) is 5.71 Å². The third kappa shape index (κ3) is 6.07. The second-order valence-corrected chi connectivity index (χ2v) is 5.85. The number of hydrogen-bond acceptors (Lipinski definition) is 3. The maximum absolute atomic E-state index is 12.5. The zero-order valence-corrected chi connectivity index (χ0v) is 15.0. The quantitative estimate of drug-likeness (QED) is 0.519. The van der Waals surface area contributed by atoms with Gasteiger partial charge in [-0.2, -0.15) is 5.10 Å². The minimum atomic E-state index is -0.244. The van der Waals surface area contributed by atoms with Gasteiger partial charge in [-0.05, 0) is 37.0 Å². The minimum Gasteiger partial charge on any atom is -0.488 e. The Bertz CT molecular complexity index is 696. The van der Waals surface area contributed by atoms with Gasteiger partial charge in [-0.25, -0.2) is 5.43 Å². The molecule has 0 bridgehead atoms. The van der Waals surface area contributed by atoms with Gasteiger partial charge in [-0.3, -0.25) is 4.79 Å². The number of para-hydroxylation sites is 1. The summed E-state index contributed by atoms with van der Waals surface area (Å²) in [4.78, 5) is 12.5. The number of nitrogens with zero attached hydrogens (tertiary/aromatic N) is 1. The molecule has 25 heavy (non-hydrogen) atoms. The second-order valence-electron chi connectivity index (χ2n) is 5.85. The SMILES string of the molecule is CCCC/C(CC)=N/NC(=O)c1ccccc1OCc1ccccc1. The second kappa shape index (κ2) is 10.3. The largest absolute Gasteiger partial charge is 0.488 e. The molecule has 2 aromatic carbocycles. The highest BCUT2D eigenvalue weighted by Crippen LogP contribution is 2.19.